The molecule has 22 heavy (non-hydrogen) atoms. The van der Waals surface area contributed by atoms with Gasteiger partial charge in [0, 0.05) is 17.7 Å². The summed E-state index contributed by atoms with van der Waals surface area (Å²) in [6.45, 7) is -0.255. The molecule has 6 nitrogen and oxygen atoms in total. The molecular weight excluding hydrogens is 326 g/mol. The van der Waals surface area contributed by atoms with Crippen LogP contribution in [0.1, 0.15) is 17.5 Å². The minimum absolute atomic E-state index is 0.255. The zero-order chi connectivity index (χ0) is 15.5. The smallest absolute Gasteiger partial charge is 0.244 e. The van der Waals surface area contributed by atoms with Crippen molar-refractivity contribution in [2.75, 3.05) is 6.61 Å². The first-order valence-electron chi connectivity index (χ1n) is 6.43. The third-order valence-corrected chi connectivity index (χ3v) is 4.07. The van der Waals surface area contributed by atoms with Crippen molar-refractivity contribution in [3.63, 3.8) is 0 Å². The molecule has 0 aromatic carbocycles. The minimum Gasteiger partial charge on any atom is -0.467 e. The van der Waals surface area contributed by atoms with Gasteiger partial charge in [0.25, 0.3) is 0 Å². The van der Waals surface area contributed by atoms with Gasteiger partial charge < -0.3 is 14.8 Å². The first kappa shape index (κ1) is 14.8. The Morgan fingerprint density at radius 3 is 3.23 bits per heavy atom. The molecule has 114 valence electrons. The molecule has 0 aliphatic heterocycles. The molecule has 0 spiro atoms. The summed E-state index contributed by atoms with van der Waals surface area (Å²) in [6.07, 6.45) is 6.24. The summed E-state index contributed by atoms with van der Waals surface area (Å²) in [6, 6.07) is 2.79. The number of nitrogens with one attached hydrogen (secondary N) is 1. The average Bonchev–Trinajstić information content (AvgIpc) is 3.20. The van der Waals surface area contributed by atoms with Crippen LogP contribution in [0.5, 0.6) is 0 Å². The van der Waals surface area contributed by atoms with Gasteiger partial charge in [-0.05, 0) is 18.2 Å². The fourth-order valence-corrected chi connectivity index (χ4v) is 3.00. The van der Waals surface area contributed by atoms with Gasteiger partial charge in [-0.1, -0.05) is 11.6 Å². The number of imidazole rings is 1. The highest BCUT2D eigenvalue weighted by Gasteiger charge is 2.15. The fourth-order valence-electron chi connectivity index (χ4n) is 2.00. The number of hydrogen-bond donors (Lipinski definition) is 2. The molecule has 1 unspecified atom stereocenters. The third kappa shape index (κ3) is 2.92. The van der Waals surface area contributed by atoms with Gasteiger partial charge in [0.2, 0.25) is 5.91 Å². The number of furan rings is 1. The minimum atomic E-state index is -0.589. The Morgan fingerprint density at radius 2 is 2.50 bits per heavy atom. The largest absolute Gasteiger partial charge is 0.467 e. The van der Waals surface area contributed by atoms with E-state index >= 15 is 0 Å². The van der Waals surface area contributed by atoms with Crippen LogP contribution in [0.25, 0.3) is 11.0 Å². The highest BCUT2D eigenvalue weighted by molar-refractivity contribution is 7.15. The van der Waals surface area contributed by atoms with Crippen LogP contribution in [-0.2, 0) is 4.79 Å². The molecule has 3 rings (SSSR count). The molecular formula is C14H12ClN3O3S. The lowest BCUT2D eigenvalue weighted by Gasteiger charge is -2.11. The zero-order valence-corrected chi connectivity index (χ0v) is 12.8. The predicted octanol–water partition coefficient (Wildman–Crippen LogP) is 2.51. The van der Waals surface area contributed by atoms with Crippen LogP contribution in [0.4, 0.5) is 0 Å². The maximum Gasteiger partial charge on any atom is 0.244 e. The molecule has 1 atom stereocenters. The monoisotopic (exact) mass is 337 g/mol. The molecule has 0 bridgehead atoms. The number of hydrogen-bond acceptors (Lipinski definition) is 5. The van der Waals surface area contributed by atoms with Crippen molar-refractivity contribution in [2.24, 2.45) is 0 Å². The van der Waals surface area contributed by atoms with E-state index < -0.39 is 6.04 Å². The molecule has 0 radical (unpaired) electrons. The Balaban J connectivity index is 1.73. The van der Waals surface area contributed by atoms with E-state index in [9.17, 15) is 9.90 Å². The lowest BCUT2D eigenvalue weighted by molar-refractivity contribution is -0.117. The average molecular weight is 338 g/mol. The van der Waals surface area contributed by atoms with Crippen molar-refractivity contribution in [3.8, 4) is 0 Å². The molecule has 3 aromatic rings. The van der Waals surface area contributed by atoms with Crippen LogP contribution >= 0.6 is 22.9 Å². The van der Waals surface area contributed by atoms with Gasteiger partial charge in [-0.15, -0.1) is 11.3 Å². The third-order valence-electron chi connectivity index (χ3n) is 3.03. The van der Waals surface area contributed by atoms with Crippen molar-refractivity contribution in [2.45, 2.75) is 6.04 Å². The number of rotatable bonds is 5. The van der Waals surface area contributed by atoms with Crippen LogP contribution in [0.2, 0.25) is 5.15 Å². The maximum absolute atomic E-state index is 12.0. The summed E-state index contributed by atoms with van der Waals surface area (Å²) in [5, 5.41) is 14.2. The van der Waals surface area contributed by atoms with Gasteiger partial charge >= 0.3 is 0 Å². The molecule has 3 aromatic heterocycles. The summed E-state index contributed by atoms with van der Waals surface area (Å²) < 4.78 is 6.97. The second kappa shape index (κ2) is 6.35. The van der Waals surface area contributed by atoms with E-state index in [-0.39, 0.29) is 12.5 Å². The molecule has 0 aliphatic rings. The lowest BCUT2D eigenvalue weighted by Crippen LogP contribution is -2.28. The Hall–Kier alpha value is -2.09. The second-order valence-electron chi connectivity index (χ2n) is 4.44. The van der Waals surface area contributed by atoms with E-state index in [1.165, 1.54) is 23.7 Å². The summed E-state index contributed by atoms with van der Waals surface area (Å²) in [4.78, 5) is 16.9. The molecule has 2 N–H and O–H groups in total. The van der Waals surface area contributed by atoms with Crippen LogP contribution in [-0.4, -0.2) is 27.0 Å². The molecule has 8 heteroatoms. The SMILES string of the molecule is O=C(/C=C/c1c(Cl)nc2sccn12)NC(CO)c1ccco1. The van der Waals surface area contributed by atoms with Crippen molar-refractivity contribution in [1.82, 2.24) is 14.7 Å². The lowest BCUT2D eigenvalue weighted by atomic mass is 10.2. The van der Waals surface area contributed by atoms with E-state index in [2.05, 4.69) is 10.3 Å². The number of aromatic nitrogens is 2. The highest BCUT2D eigenvalue weighted by Crippen LogP contribution is 2.22. The van der Waals surface area contributed by atoms with Crippen molar-refractivity contribution in [3.05, 3.63) is 52.7 Å². The van der Waals surface area contributed by atoms with E-state index in [0.29, 0.717) is 16.6 Å². The maximum atomic E-state index is 12.0. The number of aliphatic hydroxyl groups is 1. The van der Waals surface area contributed by atoms with Crippen molar-refractivity contribution < 1.29 is 14.3 Å². The molecule has 0 saturated carbocycles. The number of halogens is 1. The first-order chi connectivity index (χ1) is 10.7. The standard InChI is InChI=1S/C14H12ClN3O3S/c15-13-10(18-5-7-22-14(18)17-13)3-4-12(20)16-9(8-19)11-2-1-6-21-11/h1-7,9,19H,8H2,(H,16,20)/b4-3+. The van der Waals surface area contributed by atoms with Gasteiger partial charge in [0.15, 0.2) is 10.1 Å². The predicted molar refractivity (Wildman–Crippen MR) is 83.8 cm³/mol. The Morgan fingerprint density at radius 1 is 1.64 bits per heavy atom. The molecule has 1 amide bonds. The van der Waals surface area contributed by atoms with Crippen molar-refractivity contribution in [1.29, 1.82) is 0 Å². The van der Waals surface area contributed by atoms with Crippen LogP contribution < -0.4 is 5.32 Å². The number of thiazole rings is 1. The molecule has 3 heterocycles. The highest BCUT2D eigenvalue weighted by atomic mass is 35.5. The second-order valence-corrected chi connectivity index (χ2v) is 5.67. The van der Waals surface area contributed by atoms with Crippen molar-refractivity contribution >= 4 is 39.9 Å². The summed E-state index contributed by atoms with van der Waals surface area (Å²) >= 11 is 7.50. The van der Waals surface area contributed by atoms with Crippen LogP contribution in [0.3, 0.4) is 0 Å². The number of amides is 1. The fraction of sp³-hybridized carbons (Fsp3) is 0.143. The Kier molecular flexibility index (Phi) is 4.28. The molecule has 0 saturated heterocycles. The number of carbonyl (C=O) groups is 1. The van der Waals surface area contributed by atoms with Gasteiger partial charge in [-0.25, -0.2) is 4.98 Å². The van der Waals surface area contributed by atoms with E-state index in [0.717, 1.165) is 4.96 Å². The Bertz CT molecular complexity index is 807. The molecule has 0 aliphatic carbocycles. The zero-order valence-electron chi connectivity index (χ0n) is 11.3. The Labute approximate surface area is 134 Å². The topological polar surface area (TPSA) is 79.8 Å². The summed E-state index contributed by atoms with van der Waals surface area (Å²) in [7, 11) is 0. The van der Waals surface area contributed by atoms with E-state index in [4.69, 9.17) is 16.0 Å². The number of fused-ring (bicyclic) bond motifs is 1. The molecule has 0 fully saturated rings. The summed E-state index contributed by atoms with van der Waals surface area (Å²) in [5.41, 5.74) is 0.631. The normalized spacial score (nSPS) is 13.0. The summed E-state index contributed by atoms with van der Waals surface area (Å²) in [5.74, 6) is 0.128. The van der Waals surface area contributed by atoms with Gasteiger partial charge in [-0.3, -0.25) is 9.20 Å². The van der Waals surface area contributed by atoms with Gasteiger partial charge in [0.05, 0.1) is 18.6 Å². The number of nitrogens with zero attached hydrogens (tertiary/aromatic N) is 2. The van der Waals surface area contributed by atoms with E-state index in [1.54, 1.807) is 22.6 Å². The van der Waals surface area contributed by atoms with Crippen LogP contribution in [0.15, 0.2) is 40.5 Å². The first-order valence-corrected chi connectivity index (χ1v) is 7.68. The number of aliphatic hydroxyl groups excluding tert-OH is 1. The van der Waals surface area contributed by atoms with Gasteiger partial charge in [0.1, 0.15) is 11.8 Å². The van der Waals surface area contributed by atoms with Crippen LogP contribution in [0, 0.1) is 0 Å². The van der Waals surface area contributed by atoms with Gasteiger partial charge in [-0.2, -0.15) is 0 Å². The van der Waals surface area contributed by atoms with E-state index in [1.807, 2.05) is 11.6 Å². The quantitative estimate of drug-likeness (QED) is 0.701. The number of carbonyl (C=O) groups excluding carboxylic acids is 1.